The Morgan fingerprint density at radius 2 is 1.96 bits per heavy atom. The zero-order chi connectivity index (χ0) is 19.1. The molecule has 0 bridgehead atoms. The Morgan fingerprint density at radius 3 is 2.70 bits per heavy atom. The Labute approximate surface area is 163 Å². The average molecular weight is 382 g/mol. The van der Waals surface area contributed by atoms with Crippen LogP contribution in [-0.2, 0) is 13.0 Å². The smallest absolute Gasteiger partial charge is 0.277 e. The van der Waals surface area contributed by atoms with Gasteiger partial charge in [0.2, 0.25) is 0 Å². The minimum atomic E-state index is 0.0406. The van der Waals surface area contributed by atoms with Crippen molar-refractivity contribution in [1.82, 2.24) is 10.2 Å². The van der Waals surface area contributed by atoms with Crippen LogP contribution in [0.2, 0.25) is 0 Å². The number of hydrogen-bond acceptors (Lipinski definition) is 6. The van der Waals surface area contributed by atoms with E-state index in [1.807, 2.05) is 55.5 Å². The maximum atomic E-state index is 12.3. The molecule has 5 nitrogen and oxygen atoms in total. The number of nitrogens with zero attached hydrogens (tertiary/aromatic N) is 2. The number of rotatable bonds is 9. The third kappa shape index (κ3) is 5.69. The molecule has 140 valence electrons. The van der Waals surface area contributed by atoms with Gasteiger partial charge in [0.05, 0.1) is 5.75 Å². The molecule has 0 saturated heterocycles. The van der Waals surface area contributed by atoms with Crippen LogP contribution in [0.25, 0.3) is 0 Å². The third-order valence-electron chi connectivity index (χ3n) is 3.94. The van der Waals surface area contributed by atoms with Crippen molar-refractivity contribution in [2.45, 2.75) is 38.5 Å². The number of ketones is 1. The molecule has 27 heavy (non-hydrogen) atoms. The first kappa shape index (κ1) is 19.2. The zero-order valence-corrected chi connectivity index (χ0v) is 16.3. The lowest BCUT2D eigenvalue weighted by atomic mass is 10.1. The second-order valence-electron chi connectivity index (χ2n) is 6.23. The molecular formula is C21H22N2O3S. The van der Waals surface area contributed by atoms with Crippen molar-refractivity contribution in [3.8, 4) is 5.75 Å². The highest BCUT2D eigenvalue weighted by molar-refractivity contribution is 7.99. The molecule has 0 atom stereocenters. The first-order chi connectivity index (χ1) is 13.1. The maximum Gasteiger partial charge on any atom is 0.277 e. The summed E-state index contributed by atoms with van der Waals surface area (Å²) in [6.45, 7) is 4.34. The molecule has 0 aliphatic rings. The van der Waals surface area contributed by atoms with E-state index < -0.39 is 0 Å². The van der Waals surface area contributed by atoms with Gasteiger partial charge in [0.15, 0.2) is 12.4 Å². The summed E-state index contributed by atoms with van der Waals surface area (Å²) >= 11 is 1.24. The summed E-state index contributed by atoms with van der Waals surface area (Å²) in [7, 11) is 0. The third-order valence-corrected chi connectivity index (χ3v) is 4.76. The van der Waals surface area contributed by atoms with E-state index in [-0.39, 0.29) is 18.1 Å². The lowest BCUT2D eigenvalue weighted by molar-refractivity contribution is 0.102. The number of aryl methyl sites for hydroxylation is 2. The standard InChI is InChI=1S/C21H22N2O3S/c1-3-5-16-8-10-17(11-9-16)19(24)14-27-21-23-22-20(26-21)13-25-18-7-4-6-15(2)12-18/h4,6-12H,3,5,13-14H2,1-2H3. The van der Waals surface area contributed by atoms with Crippen LogP contribution in [0, 0.1) is 6.92 Å². The SMILES string of the molecule is CCCc1ccc(C(=O)CSc2nnc(COc3cccc(C)c3)o2)cc1. The van der Waals surface area contributed by atoms with Gasteiger partial charge in [0.25, 0.3) is 11.1 Å². The topological polar surface area (TPSA) is 65.2 Å². The molecule has 2 aromatic carbocycles. The first-order valence-electron chi connectivity index (χ1n) is 8.91. The van der Waals surface area contributed by atoms with E-state index in [2.05, 4.69) is 17.1 Å². The van der Waals surface area contributed by atoms with Crippen molar-refractivity contribution in [3.63, 3.8) is 0 Å². The molecule has 0 aliphatic heterocycles. The summed E-state index contributed by atoms with van der Waals surface area (Å²) in [6.07, 6.45) is 2.12. The van der Waals surface area contributed by atoms with Crippen molar-refractivity contribution >= 4 is 17.5 Å². The van der Waals surface area contributed by atoms with Gasteiger partial charge in [-0.1, -0.05) is 61.5 Å². The van der Waals surface area contributed by atoms with Crippen LogP contribution >= 0.6 is 11.8 Å². The number of carbonyl (C=O) groups excluding carboxylic acids is 1. The molecule has 6 heteroatoms. The molecule has 1 heterocycles. The molecule has 0 amide bonds. The number of thioether (sulfide) groups is 1. The number of benzene rings is 2. The van der Waals surface area contributed by atoms with Crippen LogP contribution < -0.4 is 4.74 Å². The Kier molecular flexibility index (Phi) is 6.65. The average Bonchev–Trinajstić information content (AvgIpc) is 3.13. The molecule has 0 unspecified atom stereocenters. The van der Waals surface area contributed by atoms with Crippen LogP contribution in [0.3, 0.4) is 0 Å². The van der Waals surface area contributed by atoms with Crippen molar-refractivity contribution in [2.75, 3.05) is 5.75 Å². The van der Waals surface area contributed by atoms with Gasteiger partial charge in [-0.15, -0.1) is 10.2 Å². The predicted molar refractivity (Wildman–Crippen MR) is 105 cm³/mol. The molecule has 0 radical (unpaired) electrons. The number of ether oxygens (including phenoxy) is 1. The Bertz CT molecular complexity index is 890. The predicted octanol–water partition coefficient (Wildman–Crippen LogP) is 4.88. The fourth-order valence-corrected chi connectivity index (χ4v) is 3.24. The van der Waals surface area contributed by atoms with E-state index in [4.69, 9.17) is 9.15 Å². The van der Waals surface area contributed by atoms with E-state index in [9.17, 15) is 4.79 Å². The molecule has 1 aromatic heterocycles. The van der Waals surface area contributed by atoms with Crippen molar-refractivity contribution in [3.05, 3.63) is 71.1 Å². The van der Waals surface area contributed by atoms with Crippen LogP contribution in [0.1, 0.15) is 40.7 Å². The second kappa shape index (κ2) is 9.37. The van der Waals surface area contributed by atoms with Gasteiger partial charge in [-0.3, -0.25) is 4.79 Å². The van der Waals surface area contributed by atoms with Gasteiger partial charge in [0.1, 0.15) is 5.75 Å². The van der Waals surface area contributed by atoms with Crippen LogP contribution in [-0.4, -0.2) is 21.7 Å². The summed E-state index contributed by atoms with van der Waals surface area (Å²) in [5.41, 5.74) is 3.07. The highest BCUT2D eigenvalue weighted by Gasteiger charge is 2.12. The summed E-state index contributed by atoms with van der Waals surface area (Å²) < 4.78 is 11.2. The maximum absolute atomic E-state index is 12.3. The second-order valence-corrected chi connectivity index (χ2v) is 7.15. The zero-order valence-electron chi connectivity index (χ0n) is 15.5. The Balaban J connectivity index is 1.49. The fraction of sp³-hybridized carbons (Fsp3) is 0.286. The quantitative estimate of drug-likeness (QED) is 0.388. The van der Waals surface area contributed by atoms with Gasteiger partial charge >= 0.3 is 0 Å². The van der Waals surface area contributed by atoms with E-state index in [1.165, 1.54) is 17.3 Å². The van der Waals surface area contributed by atoms with Crippen LogP contribution in [0.4, 0.5) is 0 Å². The molecular weight excluding hydrogens is 360 g/mol. The molecule has 0 aliphatic carbocycles. The normalized spacial score (nSPS) is 10.7. The highest BCUT2D eigenvalue weighted by atomic mass is 32.2. The first-order valence-corrected chi connectivity index (χ1v) is 9.89. The Hall–Kier alpha value is -2.60. The molecule has 0 N–H and O–H groups in total. The molecule has 3 rings (SSSR count). The van der Waals surface area contributed by atoms with Gasteiger partial charge < -0.3 is 9.15 Å². The molecule has 0 fully saturated rings. The van der Waals surface area contributed by atoms with Crippen molar-refractivity contribution in [2.24, 2.45) is 0 Å². The van der Waals surface area contributed by atoms with Crippen molar-refractivity contribution in [1.29, 1.82) is 0 Å². The summed E-state index contributed by atoms with van der Waals surface area (Å²) in [6, 6.07) is 15.5. The van der Waals surface area contributed by atoms with Gasteiger partial charge in [-0.2, -0.15) is 0 Å². The fourth-order valence-electron chi connectivity index (χ4n) is 2.56. The minimum Gasteiger partial charge on any atom is -0.484 e. The van der Waals surface area contributed by atoms with E-state index in [1.54, 1.807) is 0 Å². The van der Waals surface area contributed by atoms with E-state index in [0.29, 0.717) is 16.7 Å². The highest BCUT2D eigenvalue weighted by Crippen LogP contribution is 2.20. The van der Waals surface area contributed by atoms with E-state index >= 15 is 0 Å². The van der Waals surface area contributed by atoms with Gasteiger partial charge in [-0.05, 0) is 36.6 Å². The largest absolute Gasteiger partial charge is 0.484 e. The minimum absolute atomic E-state index is 0.0406. The molecule has 0 saturated carbocycles. The van der Waals surface area contributed by atoms with Crippen molar-refractivity contribution < 1.29 is 13.9 Å². The lowest BCUT2D eigenvalue weighted by Crippen LogP contribution is -2.02. The van der Waals surface area contributed by atoms with Gasteiger partial charge in [0, 0.05) is 5.56 Å². The monoisotopic (exact) mass is 382 g/mol. The number of aromatic nitrogens is 2. The number of hydrogen-bond donors (Lipinski definition) is 0. The summed E-state index contributed by atoms with van der Waals surface area (Å²) in [5, 5.41) is 8.30. The van der Waals surface area contributed by atoms with Crippen LogP contribution in [0.15, 0.2) is 58.2 Å². The summed E-state index contributed by atoms with van der Waals surface area (Å²) in [4.78, 5) is 12.3. The summed E-state index contributed by atoms with van der Waals surface area (Å²) in [5.74, 6) is 1.44. The van der Waals surface area contributed by atoms with Gasteiger partial charge in [-0.25, -0.2) is 0 Å². The van der Waals surface area contributed by atoms with E-state index in [0.717, 1.165) is 24.2 Å². The number of Topliss-reactive ketones (excluding diaryl/α,β-unsaturated/α-hetero) is 1. The molecule has 3 aromatic rings. The van der Waals surface area contributed by atoms with Crippen LogP contribution in [0.5, 0.6) is 5.75 Å². The molecule has 0 spiro atoms. The number of carbonyl (C=O) groups is 1. The lowest BCUT2D eigenvalue weighted by Gasteiger charge is -2.03. The Morgan fingerprint density at radius 1 is 1.15 bits per heavy atom.